The van der Waals surface area contributed by atoms with Crippen molar-refractivity contribution in [2.24, 2.45) is 0 Å². The van der Waals surface area contributed by atoms with Gasteiger partial charge < -0.3 is 18.9 Å². The third-order valence-electron chi connectivity index (χ3n) is 2.68. The Morgan fingerprint density at radius 3 is 2.22 bits per heavy atom. The van der Waals surface area contributed by atoms with Crippen LogP contribution in [0, 0.1) is 0 Å². The molecule has 0 aliphatic heterocycles. The highest BCUT2D eigenvalue weighted by Gasteiger charge is 2.13. The lowest BCUT2D eigenvalue weighted by Crippen LogP contribution is -2.01. The Morgan fingerprint density at radius 1 is 0.889 bits per heavy atom. The minimum Gasteiger partial charge on any atom is -0.496 e. The van der Waals surface area contributed by atoms with E-state index in [4.69, 9.17) is 18.9 Å². The average Bonchev–Trinajstić information content (AvgIpc) is 2.43. The lowest BCUT2D eigenvalue weighted by atomic mass is 10.1. The fraction of sp³-hybridized carbons (Fsp3) is 0.286. The van der Waals surface area contributed by atoms with Crippen LogP contribution in [-0.4, -0.2) is 28.1 Å². The molecule has 0 radical (unpaired) electrons. The van der Waals surface area contributed by atoms with Gasteiger partial charge in [0, 0.05) is 23.9 Å². The number of hydrogen-bond acceptors (Lipinski definition) is 4. The van der Waals surface area contributed by atoms with Crippen molar-refractivity contribution in [1.29, 1.82) is 0 Å². The predicted octanol–water partition coefficient (Wildman–Crippen LogP) is 2.84. The molecule has 0 aromatic heterocycles. The molecule has 0 bridgehead atoms. The maximum atomic E-state index is 5.50. The van der Waals surface area contributed by atoms with Gasteiger partial charge in [0.05, 0.1) is 14.2 Å². The average molecular weight is 248 g/mol. The summed E-state index contributed by atoms with van der Waals surface area (Å²) in [5.41, 5.74) is 0. The molecule has 0 aliphatic rings. The van der Waals surface area contributed by atoms with Crippen LogP contribution < -0.4 is 14.2 Å². The van der Waals surface area contributed by atoms with E-state index in [1.165, 1.54) is 0 Å². The van der Waals surface area contributed by atoms with Crippen LogP contribution in [0.25, 0.3) is 10.8 Å². The van der Waals surface area contributed by atoms with Crippen LogP contribution in [0.2, 0.25) is 0 Å². The van der Waals surface area contributed by atoms with Gasteiger partial charge in [-0.25, -0.2) is 0 Å². The third-order valence-corrected chi connectivity index (χ3v) is 2.68. The highest BCUT2D eigenvalue weighted by molar-refractivity contribution is 5.95. The van der Waals surface area contributed by atoms with E-state index in [1.807, 2.05) is 24.3 Å². The van der Waals surface area contributed by atoms with Gasteiger partial charge in [0.25, 0.3) is 0 Å². The first-order valence-electron chi connectivity index (χ1n) is 5.57. The minimum absolute atomic E-state index is 0.165. The second kappa shape index (κ2) is 5.60. The second-order valence-corrected chi connectivity index (χ2v) is 3.71. The molecule has 96 valence electrons. The van der Waals surface area contributed by atoms with E-state index < -0.39 is 0 Å². The van der Waals surface area contributed by atoms with E-state index in [9.17, 15) is 0 Å². The molecule has 0 saturated heterocycles. The molecule has 0 fully saturated rings. The van der Waals surface area contributed by atoms with Crippen molar-refractivity contribution < 1.29 is 18.9 Å². The van der Waals surface area contributed by atoms with Gasteiger partial charge in [0.1, 0.15) is 5.75 Å². The van der Waals surface area contributed by atoms with Crippen LogP contribution in [0.5, 0.6) is 17.2 Å². The van der Waals surface area contributed by atoms with E-state index in [0.717, 1.165) is 16.5 Å². The molecule has 0 saturated carbocycles. The largest absolute Gasteiger partial charge is 0.496 e. The standard InChI is InChI=1S/C14H16O4/c1-15-9-18-13-8-12(16-2)10-6-4-5-7-11(10)14(13)17-3/h4-8H,9H2,1-3H3. The molecule has 0 unspecified atom stereocenters. The summed E-state index contributed by atoms with van der Waals surface area (Å²) in [6, 6.07) is 9.66. The Morgan fingerprint density at radius 2 is 1.61 bits per heavy atom. The molecule has 18 heavy (non-hydrogen) atoms. The van der Waals surface area contributed by atoms with Gasteiger partial charge in [-0.2, -0.15) is 0 Å². The van der Waals surface area contributed by atoms with Crippen LogP contribution in [0.4, 0.5) is 0 Å². The Kier molecular flexibility index (Phi) is 3.89. The number of ether oxygens (including phenoxy) is 4. The normalized spacial score (nSPS) is 10.4. The molecule has 0 amide bonds. The number of methoxy groups -OCH3 is 3. The predicted molar refractivity (Wildman–Crippen MR) is 69.6 cm³/mol. The highest BCUT2D eigenvalue weighted by atomic mass is 16.7. The highest BCUT2D eigenvalue weighted by Crippen LogP contribution is 2.41. The number of hydrogen-bond donors (Lipinski definition) is 0. The number of fused-ring (bicyclic) bond motifs is 1. The third kappa shape index (κ3) is 2.19. The summed E-state index contributed by atoms with van der Waals surface area (Å²) in [4.78, 5) is 0. The van der Waals surface area contributed by atoms with Crippen LogP contribution in [0.3, 0.4) is 0 Å². The molecule has 0 aliphatic carbocycles. The zero-order valence-electron chi connectivity index (χ0n) is 10.7. The summed E-state index contributed by atoms with van der Waals surface area (Å²) in [5.74, 6) is 2.04. The first-order chi connectivity index (χ1) is 8.81. The Labute approximate surface area is 106 Å². The Balaban J connectivity index is 2.62. The van der Waals surface area contributed by atoms with Crippen molar-refractivity contribution in [3.63, 3.8) is 0 Å². The Hall–Kier alpha value is -1.94. The van der Waals surface area contributed by atoms with E-state index in [2.05, 4.69) is 0 Å². The zero-order chi connectivity index (χ0) is 13.0. The van der Waals surface area contributed by atoms with Crippen LogP contribution >= 0.6 is 0 Å². The molecule has 4 nitrogen and oxygen atoms in total. The molecule has 2 aromatic carbocycles. The smallest absolute Gasteiger partial charge is 0.188 e. The lowest BCUT2D eigenvalue weighted by molar-refractivity contribution is 0.0492. The van der Waals surface area contributed by atoms with Gasteiger partial charge in [-0.05, 0) is 0 Å². The fourth-order valence-electron chi connectivity index (χ4n) is 1.90. The molecule has 2 rings (SSSR count). The van der Waals surface area contributed by atoms with E-state index >= 15 is 0 Å². The SMILES string of the molecule is COCOc1cc(OC)c2ccccc2c1OC. The van der Waals surface area contributed by atoms with Crippen molar-refractivity contribution >= 4 is 10.8 Å². The molecule has 0 N–H and O–H groups in total. The topological polar surface area (TPSA) is 36.9 Å². The van der Waals surface area contributed by atoms with Crippen LogP contribution in [0.1, 0.15) is 0 Å². The van der Waals surface area contributed by atoms with Crippen molar-refractivity contribution in [2.75, 3.05) is 28.1 Å². The van der Waals surface area contributed by atoms with Gasteiger partial charge in [0.2, 0.25) is 0 Å². The Bertz CT molecular complexity index is 537. The van der Waals surface area contributed by atoms with Crippen LogP contribution in [-0.2, 0) is 4.74 Å². The zero-order valence-corrected chi connectivity index (χ0v) is 10.7. The van der Waals surface area contributed by atoms with E-state index in [-0.39, 0.29) is 6.79 Å². The number of rotatable bonds is 5. The molecule has 0 heterocycles. The van der Waals surface area contributed by atoms with Gasteiger partial charge in [-0.1, -0.05) is 24.3 Å². The van der Waals surface area contributed by atoms with Gasteiger partial charge in [-0.3, -0.25) is 0 Å². The van der Waals surface area contributed by atoms with Crippen molar-refractivity contribution in [2.45, 2.75) is 0 Å². The molecular weight excluding hydrogens is 232 g/mol. The summed E-state index contributed by atoms with van der Waals surface area (Å²) in [5, 5.41) is 1.94. The summed E-state index contributed by atoms with van der Waals surface area (Å²) >= 11 is 0. The summed E-state index contributed by atoms with van der Waals surface area (Å²) < 4.78 is 21.2. The van der Waals surface area contributed by atoms with Gasteiger partial charge >= 0.3 is 0 Å². The first kappa shape index (κ1) is 12.5. The maximum Gasteiger partial charge on any atom is 0.188 e. The van der Waals surface area contributed by atoms with E-state index in [0.29, 0.717) is 11.5 Å². The van der Waals surface area contributed by atoms with Gasteiger partial charge in [-0.15, -0.1) is 0 Å². The fourth-order valence-corrected chi connectivity index (χ4v) is 1.90. The molecule has 4 heteroatoms. The van der Waals surface area contributed by atoms with Crippen molar-refractivity contribution in [3.8, 4) is 17.2 Å². The minimum atomic E-state index is 0.165. The maximum absolute atomic E-state index is 5.50. The van der Waals surface area contributed by atoms with Crippen molar-refractivity contribution in [3.05, 3.63) is 30.3 Å². The molecule has 2 aromatic rings. The summed E-state index contributed by atoms with van der Waals surface area (Å²) in [7, 11) is 4.83. The second-order valence-electron chi connectivity index (χ2n) is 3.71. The van der Waals surface area contributed by atoms with Crippen molar-refractivity contribution in [1.82, 2.24) is 0 Å². The lowest BCUT2D eigenvalue weighted by Gasteiger charge is -2.15. The summed E-state index contributed by atoms with van der Waals surface area (Å²) in [6.45, 7) is 0.165. The number of benzene rings is 2. The molecular formula is C14H16O4. The summed E-state index contributed by atoms with van der Waals surface area (Å²) in [6.07, 6.45) is 0. The van der Waals surface area contributed by atoms with Crippen LogP contribution in [0.15, 0.2) is 30.3 Å². The monoisotopic (exact) mass is 248 g/mol. The van der Waals surface area contributed by atoms with E-state index in [1.54, 1.807) is 27.4 Å². The molecule has 0 spiro atoms. The first-order valence-corrected chi connectivity index (χ1v) is 5.57. The molecule has 0 atom stereocenters. The quantitative estimate of drug-likeness (QED) is 0.762. The van der Waals surface area contributed by atoms with Gasteiger partial charge in [0.15, 0.2) is 18.3 Å².